The van der Waals surface area contributed by atoms with Gasteiger partial charge in [0, 0.05) is 25.9 Å². The molecule has 5 nitrogen and oxygen atoms in total. The van der Waals surface area contributed by atoms with Gasteiger partial charge in [-0.15, -0.1) is 0 Å². The Labute approximate surface area is 127 Å². The Bertz CT molecular complexity index is 608. The van der Waals surface area contributed by atoms with E-state index < -0.39 is 10.0 Å². The molecule has 1 heterocycles. The molecule has 0 saturated carbocycles. The molecule has 1 saturated heterocycles. The van der Waals surface area contributed by atoms with Gasteiger partial charge in [-0.1, -0.05) is 0 Å². The number of benzene rings is 1. The second-order valence-electron chi connectivity index (χ2n) is 5.85. The van der Waals surface area contributed by atoms with Crippen molar-refractivity contribution in [2.24, 2.45) is 5.92 Å². The maximum absolute atomic E-state index is 12.8. The summed E-state index contributed by atoms with van der Waals surface area (Å²) in [4.78, 5) is 0.305. The van der Waals surface area contributed by atoms with E-state index in [9.17, 15) is 8.42 Å². The van der Waals surface area contributed by atoms with Gasteiger partial charge in [0.15, 0.2) is 0 Å². The van der Waals surface area contributed by atoms with E-state index in [1.807, 2.05) is 6.92 Å². The maximum atomic E-state index is 12.8. The topological polar surface area (TPSA) is 72.6 Å². The summed E-state index contributed by atoms with van der Waals surface area (Å²) in [5.41, 5.74) is 7.89. The average Bonchev–Trinajstić information content (AvgIpc) is 2.43. The molecule has 0 amide bonds. The van der Waals surface area contributed by atoms with Crippen molar-refractivity contribution >= 4 is 15.7 Å². The molecule has 1 aromatic carbocycles. The summed E-state index contributed by atoms with van der Waals surface area (Å²) < 4.78 is 32.4. The molecule has 1 aliphatic rings. The van der Waals surface area contributed by atoms with Crippen molar-refractivity contribution in [1.82, 2.24) is 4.31 Å². The minimum Gasteiger partial charge on any atom is -0.398 e. The maximum Gasteiger partial charge on any atom is 0.243 e. The molecular formula is C15H24N2O3S. The van der Waals surface area contributed by atoms with E-state index in [0.29, 0.717) is 29.3 Å². The van der Waals surface area contributed by atoms with Gasteiger partial charge in [0.1, 0.15) is 0 Å². The zero-order valence-electron chi connectivity index (χ0n) is 12.9. The number of rotatable bonds is 4. The molecule has 6 heteroatoms. The number of hydrogen-bond acceptors (Lipinski definition) is 4. The van der Waals surface area contributed by atoms with E-state index in [4.69, 9.17) is 10.5 Å². The molecule has 21 heavy (non-hydrogen) atoms. The predicted molar refractivity (Wildman–Crippen MR) is 83.7 cm³/mol. The zero-order valence-corrected chi connectivity index (χ0v) is 13.7. The Morgan fingerprint density at radius 1 is 1.38 bits per heavy atom. The van der Waals surface area contributed by atoms with Gasteiger partial charge < -0.3 is 10.5 Å². The van der Waals surface area contributed by atoms with Crippen LogP contribution in [0.15, 0.2) is 17.0 Å². The summed E-state index contributed by atoms with van der Waals surface area (Å²) in [6, 6.07) is 3.48. The molecule has 0 aromatic heterocycles. The lowest BCUT2D eigenvalue weighted by atomic mass is 10.0. The molecule has 2 N–H and O–H groups in total. The number of aryl methyl sites for hydroxylation is 1. The molecule has 0 aliphatic carbocycles. The summed E-state index contributed by atoms with van der Waals surface area (Å²) in [7, 11) is -1.89. The second-order valence-corrected chi connectivity index (χ2v) is 7.86. The van der Waals surface area contributed by atoms with Gasteiger partial charge in [0.2, 0.25) is 10.0 Å². The van der Waals surface area contributed by atoms with Crippen LogP contribution in [-0.4, -0.2) is 39.5 Å². The Morgan fingerprint density at radius 2 is 2.10 bits per heavy atom. The highest BCUT2D eigenvalue weighted by Gasteiger charge is 2.27. The SMILES string of the molecule is Cc1cc(N)c(C)c(S(=O)(=O)N(C)CC2CCCOC2)c1. The Morgan fingerprint density at radius 3 is 2.71 bits per heavy atom. The van der Waals surface area contributed by atoms with Gasteiger partial charge in [-0.2, -0.15) is 0 Å². The van der Waals surface area contributed by atoms with Crippen molar-refractivity contribution in [3.63, 3.8) is 0 Å². The summed E-state index contributed by atoms with van der Waals surface area (Å²) in [6.07, 6.45) is 2.00. The number of sulfonamides is 1. The summed E-state index contributed by atoms with van der Waals surface area (Å²) >= 11 is 0. The molecule has 2 rings (SSSR count). The number of ether oxygens (including phenoxy) is 1. The van der Waals surface area contributed by atoms with E-state index >= 15 is 0 Å². The Kier molecular flexibility index (Phi) is 4.91. The smallest absolute Gasteiger partial charge is 0.243 e. The van der Waals surface area contributed by atoms with Gasteiger partial charge >= 0.3 is 0 Å². The molecule has 0 spiro atoms. The largest absolute Gasteiger partial charge is 0.398 e. The summed E-state index contributed by atoms with van der Waals surface area (Å²) in [6.45, 7) is 5.49. The first-order valence-corrected chi connectivity index (χ1v) is 8.67. The van der Waals surface area contributed by atoms with Gasteiger partial charge in [0.25, 0.3) is 0 Å². The van der Waals surface area contributed by atoms with Crippen LogP contribution in [0.25, 0.3) is 0 Å². The van der Waals surface area contributed by atoms with E-state index in [1.165, 1.54) is 4.31 Å². The monoisotopic (exact) mass is 312 g/mol. The molecule has 0 radical (unpaired) electrons. The van der Waals surface area contributed by atoms with Crippen LogP contribution in [0.3, 0.4) is 0 Å². The van der Waals surface area contributed by atoms with E-state index in [2.05, 4.69) is 0 Å². The van der Waals surface area contributed by atoms with Crippen LogP contribution in [-0.2, 0) is 14.8 Å². The van der Waals surface area contributed by atoms with Crippen molar-refractivity contribution in [2.45, 2.75) is 31.6 Å². The molecule has 1 fully saturated rings. The summed E-state index contributed by atoms with van der Waals surface area (Å²) in [5.74, 6) is 0.265. The fourth-order valence-corrected chi connectivity index (χ4v) is 4.28. The highest BCUT2D eigenvalue weighted by Crippen LogP contribution is 2.26. The van der Waals surface area contributed by atoms with Gasteiger partial charge in [-0.05, 0) is 55.9 Å². The minimum atomic E-state index is -3.52. The number of nitrogens with two attached hydrogens (primary N) is 1. The normalized spacial score (nSPS) is 19.9. The third-order valence-electron chi connectivity index (χ3n) is 4.00. The first kappa shape index (κ1) is 16.3. The quantitative estimate of drug-likeness (QED) is 0.862. The molecule has 118 valence electrons. The Balaban J connectivity index is 2.24. The molecule has 1 unspecified atom stereocenters. The van der Waals surface area contributed by atoms with Crippen LogP contribution < -0.4 is 5.73 Å². The lowest BCUT2D eigenvalue weighted by Crippen LogP contribution is -2.35. The van der Waals surface area contributed by atoms with Crippen molar-refractivity contribution in [3.05, 3.63) is 23.3 Å². The highest BCUT2D eigenvalue weighted by atomic mass is 32.2. The first-order chi connectivity index (χ1) is 9.82. The molecule has 1 aromatic rings. The fourth-order valence-electron chi connectivity index (χ4n) is 2.70. The third-order valence-corrected chi connectivity index (χ3v) is 5.95. The van der Waals surface area contributed by atoms with Crippen molar-refractivity contribution < 1.29 is 13.2 Å². The molecular weight excluding hydrogens is 288 g/mol. The van der Waals surface area contributed by atoms with Crippen molar-refractivity contribution in [1.29, 1.82) is 0 Å². The van der Waals surface area contributed by atoms with Crippen LogP contribution >= 0.6 is 0 Å². The summed E-state index contributed by atoms with van der Waals surface area (Å²) in [5, 5.41) is 0. The van der Waals surface area contributed by atoms with Crippen LogP contribution in [0, 0.1) is 19.8 Å². The second kappa shape index (κ2) is 6.34. The van der Waals surface area contributed by atoms with E-state index in [-0.39, 0.29) is 5.92 Å². The van der Waals surface area contributed by atoms with Crippen molar-refractivity contribution in [2.75, 3.05) is 32.5 Å². The van der Waals surface area contributed by atoms with Gasteiger partial charge in [0.05, 0.1) is 11.5 Å². The third kappa shape index (κ3) is 3.56. The predicted octanol–water partition coefficient (Wildman–Crippen LogP) is 1.93. The van der Waals surface area contributed by atoms with Gasteiger partial charge in [-0.3, -0.25) is 0 Å². The lowest BCUT2D eigenvalue weighted by Gasteiger charge is -2.27. The van der Waals surface area contributed by atoms with Gasteiger partial charge in [-0.25, -0.2) is 12.7 Å². The first-order valence-electron chi connectivity index (χ1n) is 7.23. The van der Waals surface area contributed by atoms with Crippen LogP contribution in [0.2, 0.25) is 0 Å². The van der Waals surface area contributed by atoms with E-state index in [0.717, 1.165) is 25.0 Å². The number of nitrogens with zero attached hydrogens (tertiary/aromatic N) is 1. The zero-order chi connectivity index (χ0) is 15.6. The minimum absolute atomic E-state index is 0.265. The van der Waals surface area contributed by atoms with Crippen molar-refractivity contribution in [3.8, 4) is 0 Å². The fraction of sp³-hybridized carbons (Fsp3) is 0.600. The number of nitrogen functional groups attached to an aromatic ring is 1. The number of anilines is 1. The average molecular weight is 312 g/mol. The highest BCUT2D eigenvalue weighted by molar-refractivity contribution is 7.89. The molecule has 1 aliphatic heterocycles. The van der Waals surface area contributed by atoms with Crippen LogP contribution in [0.5, 0.6) is 0 Å². The van der Waals surface area contributed by atoms with Crippen LogP contribution in [0.4, 0.5) is 5.69 Å². The number of hydrogen-bond donors (Lipinski definition) is 1. The van der Waals surface area contributed by atoms with Crippen LogP contribution in [0.1, 0.15) is 24.0 Å². The lowest BCUT2D eigenvalue weighted by molar-refractivity contribution is 0.0495. The molecule has 0 bridgehead atoms. The standard InChI is InChI=1S/C15H24N2O3S/c1-11-7-14(16)12(2)15(8-11)21(18,19)17(3)9-13-5-4-6-20-10-13/h7-8,13H,4-6,9-10,16H2,1-3H3. The van der Waals surface area contributed by atoms with E-state index in [1.54, 1.807) is 26.1 Å². The molecule has 1 atom stereocenters. The Hall–Kier alpha value is -1.11.